The number of fused-ring (bicyclic) bond motifs is 3. The average Bonchev–Trinajstić information content (AvgIpc) is 3.90. The molecule has 0 saturated carbocycles. The first-order valence-corrected chi connectivity index (χ1v) is 17.5. The first kappa shape index (κ1) is 29.8. The molecular weight excluding hydrogens is 637 g/mol. The van der Waals surface area contributed by atoms with Gasteiger partial charge in [0, 0.05) is 45.3 Å². The van der Waals surface area contributed by atoms with Crippen molar-refractivity contribution in [2.45, 2.75) is 6.42 Å². The van der Waals surface area contributed by atoms with Crippen molar-refractivity contribution in [2.24, 2.45) is 0 Å². The van der Waals surface area contributed by atoms with E-state index in [4.69, 9.17) is 15.0 Å². The minimum absolute atomic E-state index is 0.503. The summed E-state index contributed by atoms with van der Waals surface area (Å²) in [6, 6.07) is 63.5. The molecule has 0 amide bonds. The molecule has 10 aromatic rings. The Morgan fingerprint density at radius 1 is 0.346 bits per heavy atom. The highest BCUT2D eigenvalue weighted by atomic mass is 15.1. The van der Waals surface area contributed by atoms with Crippen LogP contribution in [-0.4, -0.2) is 28.7 Å². The first-order chi connectivity index (χ1) is 25.8. The van der Waals surface area contributed by atoms with E-state index in [2.05, 4.69) is 184 Å². The third-order valence-electron chi connectivity index (χ3n) is 9.73. The Morgan fingerprint density at radius 3 is 1.17 bits per heavy atom. The Morgan fingerprint density at radius 2 is 0.712 bits per heavy atom. The SMILES string of the molecule is c1ccc(-n2c(Cc3nc(-c4cc5ccccc5n4-c4ccccc4)nc(-c4cc5ccccc5n4-c4ccccc4)n3)cc3ccccc32)cc1. The van der Waals surface area contributed by atoms with Crippen molar-refractivity contribution in [3.63, 3.8) is 0 Å². The van der Waals surface area contributed by atoms with E-state index >= 15 is 0 Å². The number of para-hydroxylation sites is 6. The monoisotopic (exact) mass is 668 g/mol. The Balaban J connectivity index is 1.24. The lowest BCUT2D eigenvalue weighted by atomic mass is 10.2. The van der Waals surface area contributed by atoms with Gasteiger partial charge in [-0.1, -0.05) is 109 Å². The molecular formula is C46H32N6. The van der Waals surface area contributed by atoms with E-state index in [1.165, 1.54) is 5.39 Å². The van der Waals surface area contributed by atoms with E-state index in [0.29, 0.717) is 23.9 Å². The van der Waals surface area contributed by atoms with Crippen LogP contribution in [0.3, 0.4) is 0 Å². The lowest BCUT2D eigenvalue weighted by molar-refractivity contribution is 0.877. The van der Waals surface area contributed by atoms with Crippen LogP contribution < -0.4 is 0 Å². The van der Waals surface area contributed by atoms with Gasteiger partial charge in [-0.2, -0.15) is 0 Å². The molecule has 0 saturated heterocycles. The molecule has 0 atom stereocenters. The number of rotatable bonds is 7. The molecule has 0 aliphatic rings. The summed E-state index contributed by atoms with van der Waals surface area (Å²) in [6.07, 6.45) is 0.503. The van der Waals surface area contributed by atoms with Crippen LogP contribution >= 0.6 is 0 Å². The van der Waals surface area contributed by atoms with Crippen molar-refractivity contribution in [3.05, 3.63) is 194 Å². The molecule has 0 bridgehead atoms. The Labute approximate surface area is 300 Å². The third kappa shape index (κ3) is 5.08. The first-order valence-electron chi connectivity index (χ1n) is 17.5. The summed E-state index contributed by atoms with van der Waals surface area (Å²) < 4.78 is 6.83. The maximum Gasteiger partial charge on any atom is 0.180 e. The Kier molecular flexibility index (Phi) is 7.10. The van der Waals surface area contributed by atoms with Crippen LogP contribution in [0, 0.1) is 0 Å². The van der Waals surface area contributed by atoms with E-state index < -0.39 is 0 Å². The van der Waals surface area contributed by atoms with Crippen LogP contribution in [0.2, 0.25) is 0 Å². The molecule has 246 valence electrons. The standard InChI is InChI=1S/C46H32N6/c1-4-19-35(20-5-1)50-38(28-32-16-10-13-25-39(32)50)31-44-47-45(42-29-33-17-11-14-26-40(33)51(42)36-21-6-2-7-22-36)49-46(48-44)43-30-34-18-12-15-27-41(34)52(43)37-23-8-3-9-24-37/h1-30H,31H2. The molecule has 0 aliphatic carbocycles. The highest BCUT2D eigenvalue weighted by molar-refractivity contribution is 5.90. The summed E-state index contributed by atoms with van der Waals surface area (Å²) in [5.41, 5.74) is 9.43. The van der Waals surface area contributed by atoms with Gasteiger partial charge in [0.1, 0.15) is 5.82 Å². The summed E-state index contributed by atoms with van der Waals surface area (Å²) in [6.45, 7) is 0. The fourth-order valence-electron chi connectivity index (χ4n) is 7.46. The van der Waals surface area contributed by atoms with Gasteiger partial charge in [-0.15, -0.1) is 0 Å². The maximum absolute atomic E-state index is 5.33. The van der Waals surface area contributed by atoms with Crippen molar-refractivity contribution in [1.29, 1.82) is 0 Å². The van der Waals surface area contributed by atoms with Crippen molar-refractivity contribution in [2.75, 3.05) is 0 Å². The Bertz CT molecular complexity index is 2730. The zero-order valence-electron chi connectivity index (χ0n) is 28.2. The van der Waals surface area contributed by atoms with Crippen LogP contribution in [0.25, 0.3) is 72.8 Å². The van der Waals surface area contributed by atoms with Gasteiger partial charge in [0.15, 0.2) is 11.6 Å². The predicted octanol–water partition coefficient (Wildman–Crippen LogP) is 10.6. The molecule has 6 aromatic carbocycles. The second-order valence-corrected chi connectivity index (χ2v) is 13.0. The van der Waals surface area contributed by atoms with Crippen LogP contribution in [0.1, 0.15) is 11.5 Å². The highest BCUT2D eigenvalue weighted by Crippen LogP contribution is 2.34. The molecule has 0 unspecified atom stereocenters. The summed E-state index contributed by atoms with van der Waals surface area (Å²) in [7, 11) is 0. The van der Waals surface area contributed by atoms with E-state index in [-0.39, 0.29) is 0 Å². The average molecular weight is 669 g/mol. The van der Waals surface area contributed by atoms with Gasteiger partial charge in [0.25, 0.3) is 0 Å². The zero-order chi connectivity index (χ0) is 34.4. The highest BCUT2D eigenvalue weighted by Gasteiger charge is 2.22. The number of hydrogen-bond donors (Lipinski definition) is 0. The van der Waals surface area contributed by atoms with Crippen LogP contribution in [0.5, 0.6) is 0 Å². The fraction of sp³-hybridized carbons (Fsp3) is 0.0217. The summed E-state index contributed by atoms with van der Waals surface area (Å²) in [4.78, 5) is 15.9. The number of benzene rings is 6. The second-order valence-electron chi connectivity index (χ2n) is 13.0. The summed E-state index contributed by atoms with van der Waals surface area (Å²) in [5, 5.41) is 3.41. The van der Waals surface area contributed by atoms with Crippen molar-refractivity contribution >= 4 is 32.7 Å². The van der Waals surface area contributed by atoms with Gasteiger partial charge >= 0.3 is 0 Å². The van der Waals surface area contributed by atoms with Gasteiger partial charge < -0.3 is 13.7 Å². The molecule has 0 fully saturated rings. The quantitative estimate of drug-likeness (QED) is 0.170. The Hall–Kier alpha value is -7.05. The molecule has 0 N–H and O–H groups in total. The normalized spacial score (nSPS) is 11.5. The largest absolute Gasteiger partial charge is 0.313 e. The zero-order valence-corrected chi connectivity index (χ0v) is 28.2. The molecule has 6 nitrogen and oxygen atoms in total. The minimum Gasteiger partial charge on any atom is -0.313 e. The van der Waals surface area contributed by atoms with Gasteiger partial charge in [-0.3, -0.25) is 0 Å². The van der Waals surface area contributed by atoms with E-state index in [1.807, 2.05) is 12.1 Å². The van der Waals surface area contributed by atoms with Gasteiger partial charge in [0.05, 0.1) is 27.9 Å². The molecule has 0 radical (unpaired) electrons. The predicted molar refractivity (Wildman–Crippen MR) is 210 cm³/mol. The van der Waals surface area contributed by atoms with Crippen molar-refractivity contribution in [1.82, 2.24) is 28.7 Å². The lowest BCUT2D eigenvalue weighted by Gasteiger charge is -2.15. The van der Waals surface area contributed by atoms with Gasteiger partial charge in [-0.05, 0) is 72.8 Å². The second kappa shape index (κ2) is 12.4. The molecule has 4 heterocycles. The van der Waals surface area contributed by atoms with E-state index in [1.54, 1.807) is 0 Å². The lowest BCUT2D eigenvalue weighted by Crippen LogP contribution is -2.09. The van der Waals surface area contributed by atoms with E-state index in [0.717, 1.165) is 61.5 Å². The number of aromatic nitrogens is 6. The minimum atomic E-state index is 0.503. The molecule has 6 heteroatoms. The van der Waals surface area contributed by atoms with E-state index in [9.17, 15) is 0 Å². The molecule has 0 aliphatic heterocycles. The van der Waals surface area contributed by atoms with Gasteiger partial charge in [0.2, 0.25) is 0 Å². The maximum atomic E-state index is 5.33. The number of hydrogen-bond acceptors (Lipinski definition) is 3. The molecule has 52 heavy (non-hydrogen) atoms. The van der Waals surface area contributed by atoms with Gasteiger partial charge in [-0.25, -0.2) is 15.0 Å². The van der Waals surface area contributed by atoms with Crippen LogP contribution in [0.15, 0.2) is 182 Å². The molecule has 10 rings (SSSR count). The molecule has 4 aromatic heterocycles. The fourth-order valence-corrected chi connectivity index (χ4v) is 7.46. The van der Waals surface area contributed by atoms with Crippen LogP contribution in [0.4, 0.5) is 0 Å². The topological polar surface area (TPSA) is 53.5 Å². The molecule has 0 spiro atoms. The summed E-state index contributed by atoms with van der Waals surface area (Å²) in [5.74, 6) is 1.93. The third-order valence-corrected chi connectivity index (χ3v) is 9.73. The van der Waals surface area contributed by atoms with Crippen molar-refractivity contribution in [3.8, 4) is 40.1 Å². The van der Waals surface area contributed by atoms with Crippen LogP contribution in [-0.2, 0) is 6.42 Å². The smallest absolute Gasteiger partial charge is 0.180 e. The summed E-state index contributed by atoms with van der Waals surface area (Å²) >= 11 is 0. The number of nitrogens with zero attached hydrogens (tertiary/aromatic N) is 6. The van der Waals surface area contributed by atoms with Crippen molar-refractivity contribution < 1.29 is 0 Å².